The van der Waals surface area contributed by atoms with Crippen LogP contribution in [-0.4, -0.2) is 38.3 Å². The van der Waals surface area contributed by atoms with Crippen LogP contribution in [0.2, 0.25) is 0 Å². The van der Waals surface area contributed by atoms with Gasteiger partial charge in [0.05, 0.1) is 17.1 Å². The van der Waals surface area contributed by atoms with Crippen molar-refractivity contribution >= 4 is 50.3 Å². The Hall–Kier alpha value is -3.38. The van der Waals surface area contributed by atoms with E-state index < -0.39 is 5.60 Å². The summed E-state index contributed by atoms with van der Waals surface area (Å²) in [5, 5.41) is 4.63. The van der Waals surface area contributed by atoms with E-state index in [1.165, 1.54) is 0 Å². The zero-order chi connectivity index (χ0) is 29.5. The normalized spacial score (nSPS) is 18.9. The van der Waals surface area contributed by atoms with Gasteiger partial charge in [0.2, 0.25) is 0 Å². The molecule has 0 atom stereocenters. The molecule has 2 aliphatic carbocycles. The van der Waals surface area contributed by atoms with Crippen molar-refractivity contribution in [3.05, 3.63) is 39.9 Å². The van der Waals surface area contributed by atoms with Crippen LogP contribution < -0.4 is 9.64 Å². The van der Waals surface area contributed by atoms with Crippen LogP contribution >= 0.6 is 15.9 Å². The summed E-state index contributed by atoms with van der Waals surface area (Å²) in [4.78, 5) is 32.6. The van der Waals surface area contributed by atoms with Crippen LogP contribution in [0.1, 0.15) is 83.3 Å². The third kappa shape index (κ3) is 6.43. The van der Waals surface area contributed by atoms with Gasteiger partial charge in [-0.2, -0.15) is 0 Å². The largest absolute Gasteiger partial charge is 0.472 e. The van der Waals surface area contributed by atoms with Crippen molar-refractivity contribution in [1.29, 1.82) is 0 Å². The van der Waals surface area contributed by atoms with Crippen LogP contribution in [0, 0.1) is 24.7 Å². The lowest BCUT2D eigenvalue weighted by molar-refractivity contribution is -0.161. The molecule has 9 heteroatoms. The summed E-state index contributed by atoms with van der Waals surface area (Å²) in [5.41, 5.74) is 3.84. The summed E-state index contributed by atoms with van der Waals surface area (Å²) >= 11 is 3.67. The zero-order valence-corrected chi connectivity index (χ0v) is 26.2. The van der Waals surface area contributed by atoms with Gasteiger partial charge < -0.3 is 9.47 Å². The first-order valence-corrected chi connectivity index (χ1v) is 15.0. The summed E-state index contributed by atoms with van der Waals surface area (Å²) in [5.74, 6) is 6.18. The Kier molecular flexibility index (Phi) is 8.15. The molecule has 0 saturated heterocycles. The molecule has 0 spiro atoms. The monoisotopic (exact) mass is 620 g/mol. The van der Waals surface area contributed by atoms with Gasteiger partial charge in [-0.3, -0.25) is 19.2 Å². The fraction of sp³-hybridized carbons (Fsp3) is 0.500. The number of carbonyl (C=O) groups is 2. The summed E-state index contributed by atoms with van der Waals surface area (Å²) in [6.07, 6.45) is 4.95. The molecule has 2 fully saturated rings. The molecule has 1 amide bonds. The quantitative estimate of drug-likeness (QED) is 0.220. The number of benzene rings is 1. The number of esters is 1. The molecule has 3 aromatic rings. The van der Waals surface area contributed by atoms with Crippen LogP contribution in [0.4, 0.5) is 11.5 Å². The van der Waals surface area contributed by atoms with E-state index in [2.05, 4.69) is 38.9 Å². The topological polar surface area (TPSA) is 86.6 Å². The van der Waals surface area contributed by atoms with Crippen LogP contribution in [0.25, 0.3) is 11.0 Å². The molecule has 0 aliphatic heterocycles. The van der Waals surface area contributed by atoms with E-state index in [0.29, 0.717) is 36.0 Å². The van der Waals surface area contributed by atoms with Crippen molar-refractivity contribution in [1.82, 2.24) is 14.8 Å². The van der Waals surface area contributed by atoms with Crippen LogP contribution in [0.15, 0.2) is 28.7 Å². The number of hydrogen-bond donors (Lipinski definition) is 0. The molecule has 1 aromatic carbocycles. The number of nitrogens with zero attached hydrogens (tertiary/aromatic N) is 4. The van der Waals surface area contributed by atoms with E-state index in [-0.39, 0.29) is 23.9 Å². The van der Waals surface area contributed by atoms with E-state index in [0.717, 1.165) is 52.5 Å². The minimum atomic E-state index is -0.493. The lowest BCUT2D eigenvalue weighted by Gasteiger charge is -2.29. The fourth-order valence-corrected chi connectivity index (χ4v) is 5.72. The second-order valence-electron chi connectivity index (χ2n) is 12.0. The predicted octanol–water partition coefficient (Wildman–Crippen LogP) is 6.88. The van der Waals surface area contributed by atoms with E-state index in [9.17, 15) is 9.59 Å². The molecule has 0 bridgehead atoms. The Morgan fingerprint density at radius 3 is 2.44 bits per heavy atom. The maximum Gasteiger partial charge on any atom is 0.309 e. The minimum Gasteiger partial charge on any atom is -0.472 e. The molecular formula is C32H37BrN4O4. The van der Waals surface area contributed by atoms with Crippen molar-refractivity contribution in [3.63, 3.8) is 0 Å². The molecule has 0 unspecified atom stereocenters. The van der Waals surface area contributed by atoms with E-state index in [4.69, 9.17) is 14.5 Å². The number of amides is 1. The number of aromatic nitrogens is 3. The second-order valence-corrected chi connectivity index (χ2v) is 12.9. The maximum atomic E-state index is 13.5. The van der Waals surface area contributed by atoms with Gasteiger partial charge in [0.25, 0.3) is 5.88 Å². The van der Waals surface area contributed by atoms with Crippen LogP contribution in [-0.2, 0) is 21.4 Å². The highest BCUT2D eigenvalue weighted by molar-refractivity contribution is 9.10. The first-order chi connectivity index (χ1) is 19.4. The van der Waals surface area contributed by atoms with Gasteiger partial charge in [-0.05, 0) is 120 Å². The lowest BCUT2D eigenvalue weighted by atomic mass is 9.87. The second kappa shape index (κ2) is 11.5. The number of pyridine rings is 1. The number of rotatable bonds is 6. The standard InChI is InChI=1S/C32H37BrN4O4/c1-7-8-28(38)37(26-17-19(2)24(33)18-23(26)20-9-10-20)27-16-15-25-29(34-27)30(35-36(25)6)40-22-13-11-21(12-14-22)31(39)41-32(3,4)5/h15-18,20-22H,9-14H2,1-6H3. The Labute approximate surface area is 249 Å². The molecule has 2 heterocycles. The average Bonchev–Trinajstić information content (AvgIpc) is 3.70. The highest BCUT2D eigenvalue weighted by Crippen LogP contribution is 2.47. The number of carbonyl (C=O) groups excluding carboxylic acids is 2. The van der Waals surface area contributed by atoms with E-state index in [1.54, 1.807) is 16.5 Å². The van der Waals surface area contributed by atoms with Crippen molar-refractivity contribution in [2.24, 2.45) is 13.0 Å². The van der Waals surface area contributed by atoms with Gasteiger partial charge in [-0.1, -0.05) is 21.9 Å². The van der Waals surface area contributed by atoms with Crippen molar-refractivity contribution < 1.29 is 19.1 Å². The van der Waals surface area contributed by atoms with Gasteiger partial charge in [0.15, 0.2) is 5.52 Å². The summed E-state index contributed by atoms with van der Waals surface area (Å²) in [7, 11) is 1.85. The molecule has 0 N–H and O–H groups in total. The first-order valence-electron chi connectivity index (χ1n) is 14.2. The molecule has 2 aromatic heterocycles. The smallest absolute Gasteiger partial charge is 0.309 e. The average molecular weight is 622 g/mol. The minimum absolute atomic E-state index is 0.0865. The van der Waals surface area contributed by atoms with Crippen molar-refractivity contribution in [2.75, 3.05) is 4.90 Å². The van der Waals surface area contributed by atoms with Gasteiger partial charge in [0.1, 0.15) is 17.5 Å². The molecule has 5 rings (SSSR count). The molecule has 2 aliphatic rings. The Balaban J connectivity index is 1.45. The number of ether oxygens (including phenoxy) is 2. The summed E-state index contributed by atoms with van der Waals surface area (Å²) in [6.45, 7) is 9.34. The summed E-state index contributed by atoms with van der Waals surface area (Å²) < 4.78 is 14.7. The number of anilines is 2. The van der Waals surface area contributed by atoms with Gasteiger partial charge in [0, 0.05) is 11.5 Å². The molecule has 0 radical (unpaired) electrons. The van der Waals surface area contributed by atoms with Crippen LogP contribution in [0.5, 0.6) is 5.88 Å². The molecule has 41 heavy (non-hydrogen) atoms. The third-order valence-corrected chi connectivity index (χ3v) is 8.43. The van der Waals surface area contributed by atoms with Gasteiger partial charge in [-0.25, -0.2) is 4.98 Å². The Morgan fingerprint density at radius 2 is 1.80 bits per heavy atom. The highest BCUT2D eigenvalue weighted by Gasteiger charge is 2.33. The number of aryl methyl sites for hydroxylation is 2. The molecular weight excluding hydrogens is 584 g/mol. The highest BCUT2D eigenvalue weighted by atomic mass is 79.9. The van der Waals surface area contributed by atoms with Crippen molar-refractivity contribution in [2.45, 2.75) is 90.8 Å². The molecule has 2 saturated carbocycles. The van der Waals surface area contributed by atoms with Gasteiger partial charge >= 0.3 is 11.9 Å². The number of fused-ring (bicyclic) bond motifs is 1. The van der Waals surface area contributed by atoms with Crippen molar-refractivity contribution in [3.8, 4) is 17.7 Å². The summed E-state index contributed by atoms with van der Waals surface area (Å²) in [6, 6.07) is 7.90. The van der Waals surface area contributed by atoms with E-state index >= 15 is 0 Å². The Morgan fingerprint density at radius 1 is 1.10 bits per heavy atom. The molecule has 8 nitrogen and oxygen atoms in total. The maximum absolute atomic E-state index is 13.5. The fourth-order valence-electron chi connectivity index (χ4n) is 5.36. The number of hydrogen-bond acceptors (Lipinski definition) is 6. The van der Waals surface area contributed by atoms with Gasteiger partial charge in [-0.15, -0.1) is 5.10 Å². The predicted molar refractivity (Wildman–Crippen MR) is 162 cm³/mol. The SMILES string of the molecule is CC#CC(=O)N(c1ccc2c(n1)c(OC1CCC(C(=O)OC(C)(C)C)CC1)nn2C)c1cc(C)c(Br)cc1C1CC1. The number of halogens is 1. The zero-order valence-electron chi connectivity index (χ0n) is 24.6. The third-order valence-electron chi connectivity index (χ3n) is 7.57. The van der Waals surface area contributed by atoms with E-state index in [1.807, 2.05) is 52.9 Å². The molecule has 216 valence electrons. The first kappa shape index (κ1) is 29.1. The van der Waals surface area contributed by atoms with Crippen LogP contribution in [0.3, 0.4) is 0 Å². The Bertz CT molecular complexity index is 1550. The lowest BCUT2D eigenvalue weighted by Crippen LogP contribution is -2.33.